The highest BCUT2D eigenvalue weighted by molar-refractivity contribution is 9.10. The van der Waals surface area contributed by atoms with E-state index in [0.29, 0.717) is 0 Å². The van der Waals surface area contributed by atoms with E-state index in [1.54, 1.807) is 0 Å². The second kappa shape index (κ2) is 4.31. The summed E-state index contributed by atoms with van der Waals surface area (Å²) in [5, 5.41) is 5.54. The van der Waals surface area contributed by atoms with Gasteiger partial charge in [0.25, 0.3) is 0 Å². The number of anilines is 1. The molecular weight excluding hydrogens is 282 g/mol. The molecule has 5 heteroatoms. The Labute approximate surface area is 108 Å². The molecule has 0 aliphatic carbocycles. The molecule has 0 amide bonds. The third kappa shape index (κ3) is 1.83. The van der Waals surface area contributed by atoms with Crippen LogP contribution in [0.2, 0.25) is 0 Å². The summed E-state index contributed by atoms with van der Waals surface area (Å²) >= 11 is 3.58. The molecular formula is C12H14BrN3O. The van der Waals surface area contributed by atoms with Crippen LogP contribution in [-0.4, -0.2) is 16.4 Å². The largest absolute Gasteiger partial charge is 0.398 e. The smallest absolute Gasteiger partial charge is 0.151 e. The number of aromatic nitrogens is 2. The number of nitrogens with zero attached hydrogens (tertiary/aromatic N) is 2. The maximum absolute atomic E-state index is 5.98. The Balaban J connectivity index is 2.10. The number of ether oxygens (including phenoxy) is 1. The third-order valence-corrected chi connectivity index (χ3v) is 3.89. The quantitative estimate of drug-likeness (QED) is 0.823. The van der Waals surface area contributed by atoms with Gasteiger partial charge in [-0.2, -0.15) is 5.10 Å². The molecule has 90 valence electrons. The van der Waals surface area contributed by atoms with Crippen molar-refractivity contribution in [1.82, 2.24) is 9.78 Å². The van der Waals surface area contributed by atoms with Gasteiger partial charge in [-0.15, -0.1) is 0 Å². The van der Waals surface area contributed by atoms with E-state index >= 15 is 0 Å². The van der Waals surface area contributed by atoms with E-state index in [1.165, 1.54) is 6.42 Å². The molecule has 1 aliphatic rings. The van der Waals surface area contributed by atoms with Crippen LogP contribution < -0.4 is 5.73 Å². The van der Waals surface area contributed by atoms with Crippen LogP contribution in [0.3, 0.4) is 0 Å². The second-order valence-electron chi connectivity index (χ2n) is 4.30. The molecule has 4 nitrogen and oxygen atoms in total. The van der Waals surface area contributed by atoms with Gasteiger partial charge in [0.2, 0.25) is 0 Å². The van der Waals surface area contributed by atoms with Gasteiger partial charge in [-0.05, 0) is 47.3 Å². The SMILES string of the molecule is Nc1cccc2nn(C3CCCCO3)c(Br)c12. The fraction of sp³-hybridized carbons (Fsp3) is 0.417. The molecule has 0 saturated carbocycles. The van der Waals surface area contributed by atoms with Crippen molar-refractivity contribution >= 4 is 32.5 Å². The standard InChI is InChI=1S/C12H14BrN3O/c13-12-11-8(14)4-3-5-9(11)15-16(12)10-6-1-2-7-17-10/h3-5,10H,1-2,6-7,14H2. The number of rotatable bonds is 1. The van der Waals surface area contributed by atoms with Crippen LogP contribution in [0.4, 0.5) is 5.69 Å². The average molecular weight is 296 g/mol. The van der Waals surface area contributed by atoms with Gasteiger partial charge in [-0.25, -0.2) is 4.68 Å². The van der Waals surface area contributed by atoms with Crippen LogP contribution in [0.25, 0.3) is 10.9 Å². The molecule has 1 aliphatic heterocycles. The minimum atomic E-state index is 0.0323. The van der Waals surface area contributed by atoms with Crippen molar-refractivity contribution < 1.29 is 4.74 Å². The first kappa shape index (κ1) is 11.0. The van der Waals surface area contributed by atoms with Crippen molar-refractivity contribution in [1.29, 1.82) is 0 Å². The van der Waals surface area contributed by atoms with Crippen molar-refractivity contribution in [2.24, 2.45) is 0 Å². The van der Waals surface area contributed by atoms with E-state index < -0.39 is 0 Å². The van der Waals surface area contributed by atoms with Gasteiger partial charge in [0.15, 0.2) is 6.23 Å². The minimum Gasteiger partial charge on any atom is -0.398 e. The number of halogens is 1. The van der Waals surface area contributed by atoms with E-state index in [1.807, 2.05) is 22.9 Å². The molecule has 3 rings (SSSR count). The van der Waals surface area contributed by atoms with Gasteiger partial charge >= 0.3 is 0 Å². The number of nitrogen functional groups attached to an aromatic ring is 1. The topological polar surface area (TPSA) is 53.1 Å². The Kier molecular flexibility index (Phi) is 2.80. The Morgan fingerprint density at radius 1 is 1.41 bits per heavy atom. The number of benzene rings is 1. The monoisotopic (exact) mass is 295 g/mol. The second-order valence-corrected chi connectivity index (χ2v) is 5.05. The molecule has 2 N–H and O–H groups in total. The summed E-state index contributed by atoms with van der Waals surface area (Å²) in [6.07, 6.45) is 3.36. The summed E-state index contributed by atoms with van der Waals surface area (Å²) in [5.74, 6) is 0. The van der Waals surface area contributed by atoms with E-state index in [4.69, 9.17) is 10.5 Å². The summed E-state index contributed by atoms with van der Waals surface area (Å²) < 4.78 is 8.56. The zero-order valence-electron chi connectivity index (χ0n) is 9.40. The van der Waals surface area contributed by atoms with Crippen LogP contribution in [0.5, 0.6) is 0 Å². The number of fused-ring (bicyclic) bond motifs is 1. The molecule has 0 radical (unpaired) electrons. The Hall–Kier alpha value is -1.07. The number of nitrogens with two attached hydrogens (primary N) is 1. The lowest BCUT2D eigenvalue weighted by Gasteiger charge is -2.23. The number of hydrogen-bond donors (Lipinski definition) is 1. The highest BCUT2D eigenvalue weighted by Gasteiger charge is 2.21. The highest BCUT2D eigenvalue weighted by Crippen LogP contribution is 2.33. The number of hydrogen-bond acceptors (Lipinski definition) is 3. The van der Waals surface area contributed by atoms with Gasteiger partial charge < -0.3 is 10.5 Å². The van der Waals surface area contributed by atoms with Crippen LogP contribution in [0.1, 0.15) is 25.5 Å². The fourth-order valence-corrected chi connectivity index (χ4v) is 2.99. The van der Waals surface area contributed by atoms with Crippen molar-refractivity contribution in [3.05, 3.63) is 22.8 Å². The lowest BCUT2D eigenvalue weighted by Crippen LogP contribution is -2.19. The molecule has 1 saturated heterocycles. The van der Waals surface area contributed by atoms with E-state index in [0.717, 1.165) is 40.6 Å². The first-order chi connectivity index (χ1) is 8.27. The van der Waals surface area contributed by atoms with Crippen molar-refractivity contribution in [2.45, 2.75) is 25.5 Å². The molecule has 1 aromatic carbocycles. The summed E-state index contributed by atoms with van der Waals surface area (Å²) in [7, 11) is 0. The van der Waals surface area contributed by atoms with E-state index in [2.05, 4.69) is 21.0 Å². The molecule has 1 aromatic heterocycles. The van der Waals surface area contributed by atoms with Crippen LogP contribution in [0, 0.1) is 0 Å². The molecule has 0 spiro atoms. The van der Waals surface area contributed by atoms with E-state index in [9.17, 15) is 0 Å². The normalized spacial score (nSPS) is 20.9. The predicted molar refractivity (Wildman–Crippen MR) is 70.7 cm³/mol. The summed E-state index contributed by atoms with van der Waals surface area (Å²) in [5.41, 5.74) is 7.63. The molecule has 17 heavy (non-hydrogen) atoms. The fourth-order valence-electron chi connectivity index (χ4n) is 2.25. The van der Waals surface area contributed by atoms with Crippen molar-refractivity contribution in [3.63, 3.8) is 0 Å². The summed E-state index contributed by atoms with van der Waals surface area (Å²) in [6.45, 7) is 0.808. The first-order valence-corrected chi connectivity index (χ1v) is 6.60. The van der Waals surface area contributed by atoms with Gasteiger partial charge in [0.05, 0.1) is 10.9 Å². The maximum atomic E-state index is 5.98. The lowest BCUT2D eigenvalue weighted by atomic mass is 10.2. The molecule has 2 heterocycles. The van der Waals surface area contributed by atoms with E-state index in [-0.39, 0.29) is 6.23 Å². The molecule has 0 bridgehead atoms. The summed E-state index contributed by atoms with van der Waals surface area (Å²) in [6, 6.07) is 5.78. The third-order valence-electron chi connectivity index (χ3n) is 3.13. The molecule has 2 aromatic rings. The van der Waals surface area contributed by atoms with Gasteiger partial charge in [-0.3, -0.25) is 0 Å². The molecule has 1 fully saturated rings. The first-order valence-electron chi connectivity index (χ1n) is 5.81. The maximum Gasteiger partial charge on any atom is 0.151 e. The average Bonchev–Trinajstić information content (AvgIpc) is 2.69. The van der Waals surface area contributed by atoms with Crippen LogP contribution in [-0.2, 0) is 4.74 Å². The van der Waals surface area contributed by atoms with Crippen molar-refractivity contribution in [2.75, 3.05) is 12.3 Å². The molecule has 1 atom stereocenters. The zero-order valence-corrected chi connectivity index (χ0v) is 11.0. The van der Waals surface area contributed by atoms with Gasteiger partial charge in [0.1, 0.15) is 4.60 Å². The van der Waals surface area contributed by atoms with Gasteiger partial charge in [0, 0.05) is 12.3 Å². The van der Waals surface area contributed by atoms with Crippen LogP contribution in [0.15, 0.2) is 22.8 Å². The van der Waals surface area contributed by atoms with Gasteiger partial charge in [-0.1, -0.05) is 6.07 Å². The van der Waals surface area contributed by atoms with Crippen LogP contribution >= 0.6 is 15.9 Å². The Morgan fingerprint density at radius 3 is 3.00 bits per heavy atom. The Morgan fingerprint density at radius 2 is 2.29 bits per heavy atom. The van der Waals surface area contributed by atoms with Crippen molar-refractivity contribution in [3.8, 4) is 0 Å². The predicted octanol–water partition coefficient (Wildman–Crippen LogP) is 3.08. The zero-order chi connectivity index (χ0) is 11.8. The lowest BCUT2D eigenvalue weighted by molar-refractivity contribution is -0.0404. The highest BCUT2D eigenvalue weighted by atomic mass is 79.9. The minimum absolute atomic E-state index is 0.0323. The molecule has 1 unspecified atom stereocenters. The Bertz CT molecular complexity index is 546. The summed E-state index contributed by atoms with van der Waals surface area (Å²) in [4.78, 5) is 0.